The van der Waals surface area contributed by atoms with Gasteiger partial charge in [-0.3, -0.25) is 9.59 Å². The Bertz CT molecular complexity index is 256. The van der Waals surface area contributed by atoms with E-state index in [1.807, 2.05) is 13.8 Å². The van der Waals surface area contributed by atoms with Gasteiger partial charge >= 0.3 is 5.97 Å². The summed E-state index contributed by atoms with van der Waals surface area (Å²) < 4.78 is 0. The minimum Gasteiger partial charge on any atom is -0.481 e. The third-order valence-electron chi connectivity index (χ3n) is 2.39. The minimum absolute atomic E-state index is 0.168. The van der Waals surface area contributed by atoms with Crippen LogP contribution in [-0.4, -0.2) is 40.8 Å². The van der Waals surface area contributed by atoms with Crippen molar-refractivity contribution in [2.45, 2.75) is 45.2 Å². The molecule has 0 saturated carbocycles. The molecule has 6 heteroatoms. The van der Waals surface area contributed by atoms with Gasteiger partial charge in [0.25, 0.3) is 0 Å². The van der Waals surface area contributed by atoms with Gasteiger partial charge in [-0.1, -0.05) is 13.8 Å². The maximum atomic E-state index is 11.5. The monoisotopic (exact) mass is 246 g/mol. The summed E-state index contributed by atoms with van der Waals surface area (Å²) in [5, 5.41) is 20.1. The fourth-order valence-corrected chi connectivity index (χ4v) is 1.33. The molecule has 0 heterocycles. The summed E-state index contributed by atoms with van der Waals surface area (Å²) in [7, 11) is 0. The van der Waals surface area contributed by atoms with Crippen LogP contribution in [-0.2, 0) is 9.59 Å². The zero-order valence-electron chi connectivity index (χ0n) is 10.3. The third-order valence-corrected chi connectivity index (χ3v) is 2.39. The number of aliphatic hydroxyl groups is 1. The van der Waals surface area contributed by atoms with Crippen molar-refractivity contribution in [3.05, 3.63) is 0 Å². The van der Waals surface area contributed by atoms with Crippen molar-refractivity contribution in [1.29, 1.82) is 0 Å². The number of carboxylic acid groups (broad SMARTS) is 1. The van der Waals surface area contributed by atoms with E-state index in [0.29, 0.717) is 12.3 Å². The number of carbonyl (C=O) groups is 2. The Kier molecular flexibility index (Phi) is 7.49. The predicted molar refractivity (Wildman–Crippen MR) is 63.3 cm³/mol. The van der Waals surface area contributed by atoms with Crippen LogP contribution in [0.5, 0.6) is 0 Å². The van der Waals surface area contributed by atoms with Crippen LogP contribution in [0.3, 0.4) is 0 Å². The molecule has 6 nitrogen and oxygen atoms in total. The van der Waals surface area contributed by atoms with E-state index < -0.39 is 24.3 Å². The maximum Gasteiger partial charge on any atom is 0.305 e. The molecule has 0 aromatic heterocycles. The predicted octanol–water partition coefficient (Wildman–Crippen LogP) is -0.298. The number of nitrogens with one attached hydrogen (secondary N) is 1. The van der Waals surface area contributed by atoms with Gasteiger partial charge in [-0.2, -0.15) is 0 Å². The van der Waals surface area contributed by atoms with Crippen LogP contribution in [0.1, 0.15) is 33.1 Å². The molecule has 0 aliphatic carbocycles. The van der Waals surface area contributed by atoms with Crippen molar-refractivity contribution >= 4 is 11.9 Å². The number of carbonyl (C=O) groups excluding carboxylic acids is 1. The Morgan fingerprint density at radius 3 is 2.29 bits per heavy atom. The van der Waals surface area contributed by atoms with Crippen molar-refractivity contribution in [1.82, 2.24) is 5.32 Å². The number of carboxylic acids is 1. The molecule has 2 atom stereocenters. The van der Waals surface area contributed by atoms with Crippen molar-refractivity contribution in [2.24, 2.45) is 11.7 Å². The SMILES string of the molecule is CC(C)CCC(CO)NC(=O)[C@@H](N)CC(=O)O. The first-order chi connectivity index (χ1) is 7.86. The maximum absolute atomic E-state index is 11.5. The number of hydrogen-bond acceptors (Lipinski definition) is 4. The van der Waals surface area contributed by atoms with E-state index in [2.05, 4.69) is 5.32 Å². The van der Waals surface area contributed by atoms with Gasteiger partial charge in [-0.15, -0.1) is 0 Å². The smallest absolute Gasteiger partial charge is 0.305 e. The van der Waals surface area contributed by atoms with Crippen LogP contribution in [0, 0.1) is 5.92 Å². The summed E-state index contributed by atoms with van der Waals surface area (Å²) in [4.78, 5) is 21.9. The van der Waals surface area contributed by atoms with Gasteiger partial charge in [0.2, 0.25) is 5.91 Å². The summed E-state index contributed by atoms with van der Waals surface area (Å²) in [6.45, 7) is 3.93. The Labute approximate surface area is 101 Å². The minimum atomic E-state index is -1.12. The standard InChI is InChI=1S/C11H22N2O4/c1-7(2)3-4-8(6-14)13-11(17)9(12)5-10(15)16/h7-9,14H,3-6,12H2,1-2H3,(H,13,17)(H,15,16)/t8?,9-/m0/s1. The van der Waals surface area contributed by atoms with E-state index in [1.54, 1.807) is 0 Å². The molecule has 100 valence electrons. The molecule has 0 saturated heterocycles. The van der Waals surface area contributed by atoms with Crippen LogP contribution in [0.2, 0.25) is 0 Å². The lowest BCUT2D eigenvalue weighted by Crippen LogP contribution is -2.47. The van der Waals surface area contributed by atoms with Crippen molar-refractivity contribution in [2.75, 3.05) is 6.61 Å². The molecule has 0 radical (unpaired) electrons. The number of hydrogen-bond donors (Lipinski definition) is 4. The molecule has 1 unspecified atom stereocenters. The summed E-state index contributed by atoms with van der Waals surface area (Å²) in [6.07, 6.45) is 1.12. The lowest BCUT2D eigenvalue weighted by molar-refractivity contribution is -0.139. The van der Waals surface area contributed by atoms with Crippen LogP contribution in [0.4, 0.5) is 0 Å². The number of aliphatic hydroxyl groups excluding tert-OH is 1. The first kappa shape index (κ1) is 15.9. The average Bonchev–Trinajstić information content (AvgIpc) is 2.22. The van der Waals surface area contributed by atoms with E-state index in [4.69, 9.17) is 15.9 Å². The number of amides is 1. The Balaban J connectivity index is 4.09. The number of rotatable bonds is 8. The van der Waals surface area contributed by atoms with Crippen LogP contribution >= 0.6 is 0 Å². The zero-order chi connectivity index (χ0) is 13.4. The fraction of sp³-hybridized carbons (Fsp3) is 0.818. The molecule has 0 aliphatic rings. The molecule has 5 N–H and O–H groups in total. The van der Waals surface area contributed by atoms with Crippen LogP contribution < -0.4 is 11.1 Å². The van der Waals surface area contributed by atoms with Gasteiger partial charge < -0.3 is 21.3 Å². The molecular weight excluding hydrogens is 224 g/mol. The van der Waals surface area contributed by atoms with Gasteiger partial charge in [0.05, 0.1) is 25.1 Å². The van der Waals surface area contributed by atoms with E-state index in [9.17, 15) is 9.59 Å². The highest BCUT2D eigenvalue weighted by Crippen LogP contribution is 2.06. The van der Waals surface area contributed by atoms with Gasteiger partial charge in [0.15, 0.2) is 0 Å². The second kappa shape index (κ2) is 8.03. The first-order valence-corrected chi connectivity index (χ1v) is 5.75. The van der Waals surface area contributed by atoms with Gasteiger partial charge in [0.1, 0.15) is 0 Å². The number of aliphatic carboxylic acids is 1. The normalized spacial score (nSPS) is 14.4. The van der Waals surface area contributed by atoms with Crippen LogP contribution in [0.15, 0.2) is 0 Å². The Morgan fingerprint density at radius 2 is 1.88 bits per heavy atom. The third kappa shape index (κ3) is 7.70. The van der Waals surface area contributed by atoms with E-state index in [1.165, 1.54) is 0 Å². The molecule has 0 fully saturated rings. The highest BCUT2D eigenvalue weighted by Gasteiger charge is 2.20. The molecule has 0 aromatic carbocycles. The zero-order valence-corrected chi connectivity index (χ0v) is 10.3. The van der Waals surface area contributed by atoms with Gasteiger partial charge in [-0.05, 0) is 18.8 Å². The molecular formula is C11H22N2O4. The lowest BCUT2D eigenvalue weighted by atomic mass is 10.0. The molecule has 0 rings (SSSR count). The summed E-state index contributed by atoms with van der Waals surface area (Å²) in [5.41, 5.74) is 5.40. The second-order valence-electron chi connectivity index (χ2n) is 4.56. The van der Waals surface area contributed by atoms with Gasteiger partial charge in [-0.25, -0.2) is 0 Å². The quantitative estimate of drug-likeness (QED) is 0.470. The lowest BCUT2D eigenvalue weighted by Gasteiger charge is -2.19. The first-order valence-electron chi connectivity index (χ1n) is 5.75. The molecule has 0 bridgehead atoms. The van der Waals surface area contributed by atoms with Gasteiger partial charge in [0, 0.05) is 0 Å². The highest BCUT2D eigenvalue weighted by atomic mass is 16.4. The molecule has 0 aromatic rings. The molecule has 0 spiro atoms. The second-order valence-corrected chi connectivity index (χ2v) is 4.56. The van der Waals surface area contributed by atoms with E-state index in [-0.39, 0.29) is 12.6 Å². The summed E-state index contributed by atoms with van der Waals surface area (Å²) >= 11 is 0. The highest BCUT2D eigenvalue weighted by molar-refractivity contribution is 5.86. The molecule has 0 aliphatic heterocycles. The van der Waals surface area contributed by atoms with Crippen molar-refractivity contribution in [3.8, 4) is 0 Å². The molecule has 1 amide bonds. The van der Waals surface area contributed by atoms with Crippen molar-refractivity contribution < 1.29 is 19.8 Å². The fourth-order valence-electron chi connectivity index (χ4n) is 1.33. The average molecular weight is 246 g/mol. The molecule has 17 heavy (non-hydrogen) atoms. The largest absolute Gasteiger partial charge is 0.481 e. The Morgan fingerprint density at radius 1 is 1.29 bits per heavy atom. The van der Waals surface area contributed by atoms with Crippen molar-refractivity contribution in [3.63, 3.8) is 0 Å². The number of nitrogens with two attached hydrogens (primary N) is 1. The van der Waals surface area contributed by atoms with E-state index in [0.717, 1.165) is 6.42 Å². The summed E-state index contributed by atoms with van der Waals surface area (Å²) in [6, 6.07) is -1.43. The Hall–Kier alpha value is -1.14. The van der Waals surface area contributed by atoms with E-state index >= 15 is 0 Å². The topological polar surface area (TPSA) is 113 Å². The summed E-state index contributed by atoms with van der Waals surface area (Å²) in [5.74, 6) is -1.17. The van der Waals surface area contributed by atoms with Crippen LogP contribution in [0.25, 0.3) is 0 Å².